The van der Waals surface area contributed by atoms with Gasteiger partial charge in [-0.2, -0.15) is 0 Å². The van der Waals surface area contributed by atoms with Gasteiger partial charge in [0.15, 0.2) is 0 Å². The Bertz CT molecular complexity index is 1380. The summed E-state index contributed by atoms with van der Waals surface area (Å²) in [4.78, 5) is 0. The molecule has 5 aromatic carbocycles. The fourth-order valence-corrected chi connectivity index (χ4v) is 7.46. The first-order chi connectivity index (χ1) is 24.2. The summed E-state index contributed by atoms with van der Waals surface area (Å²) in [6, 6.07) is 54.1. The molecule has 0 heterocycles. The van der Waals surface area contributed by atoms with Crippen LogP contribution >= 0.6 is 7.92 Å². The molecular weight excluding hydrogens is 675 g/mol. The number of rotatable bonds is 6. The van der Waals surface area contributed by atoms with Crippen LogP contribution in [0.25, 0.3) is 0 Å². The molecule has 1 unspecified atom stereocenters. The van der Waals surface area contributed by atoms with Crippen molar-refractivity contribution in [3.8, 4) is 0 Å². The van der Waals surface area contributed by atoms with Crippen molar-refractivity contribution < 1.29 is 17.1 Å². The van der Waals surface area contributed by atoms with Crippen LogP contribution in [0.15, 0.2) is 152 Å². The summed E-state index contributed by atoms with van der Waals surface area (Å²) in [6.45, 7) is 15.8. The quantitative estimate of drug-likeness (QED) is 0.121. The van der Waals surface area contributed by atoms with Crippen molar-refractivity contribution in [3.63, 3.8) is 0 Å². The zero-order valence-electron chi connectivity index (χ0n) is 31.1. The Morgan fingerprint density at radius 1 is 0.392 bits per heavy atom. The predicted molar refractivity (Wildman–Crippen MR) is 217 cm³/mol. The topological polar surface area (TPSA) is 0 Å². The van der Waals surface area contributed by atoms with Crippen LogP contribution in [-0.2, 0) is 17.1 Å². The predicted octanol–water partition coefficient (Wildman–Crippen LogP) is 13.0. The third-order valence-electron chi connectivity index (χ3n) is 8.60. The van der Waals surface area contributed by atoms with Gasteiger partial charge in [0.2, 0.25) is 0 Å². The summed E-state index contributed by atoms with van der Waals surface area (Å²) < 4.78 is 0. The minimum absolute atomic E-state index is 0. The molecule has 260 valence electrons. The van der Waals surface area contributed by atoms with Crippen molar-refractivity contribution in [1.82, 2.24) is 0 Å². The molecule has 2 fully saturated rings. The normalized spacial score (nSPS) is 16.9. The second kappa shape index (κ2) is 19.8. The second-order valence-electron chi connectivity index (χ2n) is 14.3. The second-order valence-corrected chi connectivity index (χ2v) is 17.3. The minimum Gasteiger partial charge on any atom is -0.0965 e. The maximum atomic E-state index is 2.35. The Morgan fingerprint density at radius 3 is 0.765 bits per heavy atom. The molecule has 2 heteroatoms. The third-order valence-corrected chi connectivity index (χ3v) is 11.7. The molecule has 7 rings (SSSR count). The Labute approximate surface area is 323 Å². The van der Waals surface area contributed by atoms with Gasteiger partial charge < -0.3 is 0 Å². The molecule has 0 amide bonds. The van der Waals surface area contributed by atoms with Crippen LogP contribution in [-0.4, -0.2) is 11.8 Å². The van der Waals surface area contributed by atoms with Crippen molar-refractivity contribution >= 4 is 7.92 Å². The molecule has 0 spiro atoms. The van der Waals surface area contributed by atoms with Crippen molar-refractivity contribution in [2.45, 2.75) is 46.7 Å². The molecule has 0 bridgehead atoms. The minimum atomic E-state index is 0. The van der Waals surface area contributed by atoms with E-state index in [1.807, 2.05) is 0 Å². The summed E-state index contributed by atoms with van der Waals surface area (Å²) in [6.07, 6.45) is 8.72. The van der Waals surface area contributed by atoms with Crippen LogP contribution in [0.3, 0.4) is 0 Å². The molecule has 2 aliphatic carbocycles. The largest absolute Gasteiger partial charge is 0.0965 e. The van der Waals surface area contributed by atoms with Crippen molar-refractivity contribution in [2.75, 3.05) is 6.66 Å². The van der Waals surface area contributed by atoms with Crippen LogP contribution in [0.1, 0.15) is 69.4 Å². The zero-order chi connectivity index (χ0) is 35.5. The molecular formula is C49H51FeP. The van der Waals surface area contributed by atoms with E-state index in [1.165, 1.54) is 63.1 Å². The smallest absolute Gasteiger partial charge is 0.0299 e. The molecule has 0 aromatic heterocycles. The SMILES string of the molecule is CC(C)C.CP([C]1[CH][CH][CH][CH]1)C(C)(C)C.[Fe].c1ccc([C]2[C](c3ccccc3)[C](c3ccccc3)[C](c3ccccc3)[C]2c2ccccc2)cc1. The number of hydrogen-bond donors (Lipinski definition) is 0. The molecule has 0 N–H and O–H groups in total. The number of benzene rings is 5. The van der Waals surface area contributed by atoms with E-state index >= 15 is 0 Å². The monoisotopic (exact) mass is 726 g/mol. The third kappa shape index (κ3) is 10.8. The van der Waals surface area contributed by atoms with Crippen molar-refractivity contribution in [3.05, 3.63) is 240 Å². The Kier molecular flexibility index (Phi) is 15.8. The van der Waals surface area contributed by atoms with Gasteiger partial charge in [0.05, 0.1) is 0 Å². The van der Waals surface area contributed by atoms with E-state index < -0.39 is 0 Å². The molecule has 51 heavy (non-hydrogen) atoms. The van der Waals surface area contributed by atoms with Gasteiger partial charge in [-0.1, -0.05) is 201 Å². The van der Waals surface area contributed by atoms with E-state index in [-0.39, 0.29) is 25.0 Å². The maximum absolute atomic E-state index is 2.35. The molecule has 1 atom stereocenters. The van der Waals surface area contributed by atoms with Crippen LogP contribution in [0, 0.1) is 66.8 Å². The van der Waals surface area contributed by atoms with Crippen molar-refractivity contribution in [2.24, 2.45) is 5.92 Å². The van der Waals surface area contributed by atoms with E-state index in [9.17, 15) is 0 Å². The standard InChI is InChI=1S/C35H25.C10H16P.C4H10.Fe/c1-6-16-26(17-7-1)31-32(27-18-8-2-9-19-27)34(29-22-12-4-13-23-29)35(30-24-14-5-15-25-30)33(31)28-20-10-3-11-21-28;1-10(2,3)11(4)9-7-5-6-8-9;1-4(2)3;/h1-25H;5-8H,1-4H3;4H,1-3H3;. The average molecular weight is 727 g/mol. The molecule has 0 aliphatic heterocycles. The van der Waals surface area contributed by atoms with E-state index in [2.05, 4.69) is 226 Å². The van der Waals surface area contributed by atoms with Gasteiger partial charge in [0, 0.05) is 52.3 Å². The maximum Gasteiger partial charge on any atom is 0.0299 e. The molecule has 10 radical (unpaired) electrons. The Hall–Kier alpha value is -2.95. The van der Waals surface area contributed by atoms with Crippen LogP contribution < -0.4 is 0 Å². The van der Waals surface area contributed by atoms with Gasteiger partial charge in [0.25, 0.3) is 0 Å². The summed E-state index contributed by atoms with van der Waals surface area (Å²) >= 11 is 0. The fraction of sp³-hybridized carbons (Fsp3) is 0.184. The molecule has 0 saturated heterocycles. The number of hydrogen-bond acceptors (Lipinski definition) is 0. The van der Waals surface area contributed by atoms with Crippen LogP contribution in [0.5, 0.6) is 0 Å². The van der Waals surface area contributed by atoms with E-state index in [1.54, 1.807) is 0 Å². The van der Waals surface area contributed by atoms with Crippen LogP contribution in [0.2, 0.25) is 0 Å². The summed E-state index contributed by atoms with van der Waals surface area (Å²) in [5, 5.41) is 0.448. The van der Waals surface area contributed by atoms with Gasteiger partial charge in [-0.3, -0.25) is 0 Å². The van der Waals surface area contributed by atoms with E-state index in [4.69, 9.17) is 0 Å². The zero-order valence-corrected chi connectivity index (χ0v) is 33.1. The molecule has 5 aromatic rings. The van der Waals surface area contributed by atoms with E-state index in [0.29, 0.717) is 5.16 Å². The summed E-state index contributed by atoms with van der Waals surface area (Å²) in [7, 11) is 0.0203. The average Bonchev–Trinajstić information content (AvgIpc) is 3.80. The summed E-state index contributed by atoms with van der Waals surface area (Å²) in [5.74, 6) is 7.23. The van der Waals surface area contributed by atoms with Crippen LogP contribution in [0.4, 0.5) is 0 Å². The first-order valence-electron chi connectivity index (χ1n) is 17.8. The molecule has 2 aliphatic rings. The van der Waals surface area contributed by atoms with Gasteiger partial charge >= 0.3 is 0 Å². The van der Waals surface area contributed by atoms with Gasteiger partial charge in [-0.05, 0) is 71.2 Å². The van der Waals surface area contributed by atoms with Crippen molar-refractivity contribution in [1.29, 1.82) is 0 Å². The summed E-state index contributed by atoms with van der Waals surface area (Å²) in [5.41, 5.74) is 7.65. The van der Waals surface area contributed by atoms with Gasteiger partial charge in [-0.15, -0.1) is 0 Å². The first kappa shape index (κ1) is 40.8. The van der Waals surface area contributed by atoms with Gasteiger partial charge in [-0.25, -0.2) is 0 Å². The Balaban J connectivity index is 0.000000307. The Morgan fingerprint density at radius 2 is 0.588 bits per heavy atom. The van der Waals surface area contributed by atoms with E-state index in [0.717, 1.165) is 5.92 Å². The fourth-order valence-electron chi connectivity index (χ4n) is 6.07. The molecule has 0 nitrogen and oxygen atoms in total. The van der Waals surface area contributed by atoms with Gasteiger partial charge in [0.1, 0.15) is 0 Å². The molecule has 2 saturated carbocycles. The first-order valence-corrected chi connectivity index (χ1v) is 19.5.